The van der Waals surface area contributed by atoms with Crippen LogP contribution in [0.3, 0.4) is 0 Å². The third-order valence-electron chi connectivity index (χ3n) is 2.97. The van der Waals surface area contributed by atoms with Crippen molar-refractivity contribution in [2.75, 3.05) is 24.6 Å². The molecule has 1 atom stereocenters. The lowest BCUT2D eigenvalue weighted by molar-refractivity contribution is 0.0697. The lowest BCUT2D eigenvalue weighted by atomic mass is 10.1. The van der Waals surface area contributed by atoms with Gasteiger partial charge < -0.3 is 20.2 Å². The minimum Gasteiger partial charge on any atom is -0.478 e. The first kappa shape index (κ1) is 11.9. The molecule has 0 bridgehead atoms. The third kappa shape index (κ3) is 2.40. The molecule has 0 saturated heterocycles. The fourth-order valence-electron chi connectivity index (χ4n) is 2.08. The van der Waals surface area contributed by atoms with E-state index in [2.05, 4.69) is 0 Å². The van der Waals surface area contributed by atoms with Gasteiger partial charge in [-0.15, -0.1) is 0 Å². The van der Waals surface area contributed by atoms with Crippen molar-refractivity contribution < 1.29 is 20.1 Å². The molecule has 5 heteroatoms. The number of β-amino-alcohol motifs (C(OH)–C–C–N with tert-alkyl or cyclic N) is 1. The normalized spacial score (nSPS) is 15.8. The van der Waals surface area contributed by atoms with E-state index in [9.17, 15) is 9.90 Å². The molecule has 5 nitrogen and oxygen atoms in total. The number of hydrogen-bond acceptors (Lipinski definition) is 4. The van der Waals surface area contributed by atoms with Gasteiger partial charge in [0.25, 0.3) is 0 Å². The lowest BCUT2D eigenvalue weighted by Gasteiger charge is -2.22. The first-order valence-corrected chi connectivity index (χ1v) is 5.52. The Morgan fingerprint density at radius 3 is 2.88 bits per heavy atom. The zero-order chi connectivity index (χ0) is 12.4. The zero-order valence-electron chi connectivity index (χ0n) is 9.33. The average Bonchev–Trinajstić information content (AvgIpc) is 2.71. The number of nitrogens with zero attached hydrogens (tertiary/aromatic N) is 1. The Bertz CT molecular complexity index is 433. The maximum atomic E-state index is 10.9. The van der Waals surface area contributed by atoms with Crippen molar-refractivity contribution in [1.29, 1.82) is 0 Å². The van der Waals surface area contributed by atoms with E-state index in [1.165, 1.54) is 0 Å². The van der Waals surface area contributed by atoms with Crippen LogP contribution < -0.4 is 4.90 Å². The van der Waals surface area contributed by atoms with Gasteiger partial charge in [0.15, 0.2) is 0 Å². The minimum atomic E-state index is -0.956. The van der Waals surface area contributed by atoms with Crippen molar-refractivity contribution >= 4 is 11.7 Å². The predicted octanol–water partition coefficient (Wildman–Crippen LogP) is 0.100. The topological polar surface area (TPSA) is 81.0 Å². The van der Waals surface area contributed by atoms with Crippen LogP contribution in [0.4, 0.5) is 5.69 Å². The van der Waals surface area contributed by atoms with Gasteiger partial charge in [-0.05, 0) is 24.1 Å². The van der Waals surface area contributed by atoms with Crippen LogP contribution in [0.2, 0.25) is 0 Å². The number of fused-ring (bicyclic) bond motifs is 1. The molecular formula is C12H15NO4. The molecule has 1 heterocycles. The van der Waals surface area contributed by atoms with E-state index in [-0.39, 0.29) is 12.2 Å². The molecule has 1 aliphatic rings. The minimum absolute atomic E-state index is 0.245. The SMILES string of the molecule is O=C(O)c1ccc2c(c1)N(CC(O)CO)CC2. The number of carboxylic acids is 1. The number of carboxylic acid groups (broad SMARTS) is 1. The first-order valence-electron chi connectivity index (χ1n) is 5.52. The number of aliphatic hydroxyl groups excluding tert-OH is 2. The maximum Gasteiger partial charge on any atom is 0.335 e. The number of aliphatic hydroxyl groups is 2. The highest BCUT2D eigenvalue weighted by atomic mass is 16.4. The predicted molar refractivity (Wildman–Crippen MR) is 62.4 cm³/mol. The van der Waals surface area contributed by atoms with Crippen molar-refractivity contribution in [3.05, 3.63) is 29.3 Å². The highest BCUT2D eigenvalue weighted by Gasteiger charge is 2.22. The van der Waals surface area contributed by atoms with Gasteiger partial charge in [0.1, 0.15) is 0 Å². The maximum absolute atomic E-state index is 10.9. The van der Waals surface area contributed by atoms with E-state index in [1.807, 2.05) is 11.0 Å². The van der Waals surface area contributed by atoms with Crippen LogP contribution in [0.15, 0.2) is 18.2 Å². The van der Waals surface area contributed by atoms with Gasteiger partial charge in [-0.25, -0.2) is 4.79 Å². The molecule has 0 radical (unpaired) electrons. The van der Waals surface area contributed by atoms with Crippen molar-refractivity contribution in [3.63, 3.8) is 0 Å². The van der Waals surface area contributed by atoms with E-state index < -0.39 is 12.1 Å². The number of rotatable bonds is 4. The van der Waals surface area contributed by atoms with Crippen molar-refractivity contribution in [1.82, 2.24) is 0 Å². The fraction of sp³-hybridized carbons (Fsp3) is 0.417. The van der Waals surface area contributed by atoms with Crippen LogP contribution in [0.25, 0.3) is 0 Å². The fourth-order valence-corrected chi connectivity index (χ4v) is 2.08. The van der Waals surface area contributed by atoms with Gasteiger partial charge in [0.05, 0.1) is 18.3 Å². The second-order valence-electron chi connectivity index (χ2n) is 4.18. The van der Waals surface area contributed by atoms with Gasteiger partial charge in [-0.2, -0.15) is 0 Å². The van der Waals surface area contributed by atoms with Crippen LogP contribution in [-0.2, 0) is 6.42 Å². The largest absolute Gasteiger partial charge is 0.478 e. The van der Waals surface area contributed by atoms with Crippen molar-refractivity contribution in [3.8, 4) is 0 Å². The summed E-state index contributed by atoms with van der Waals surface area (Å²) in [4.78, 5) is 12.8. The average molecular weight is 237 g/mol. The van der Waals surface area contributed by atoms with Crippen LogP contribution >= 0.6 is 0 Å². The number of anilines is 1. The Balaban J connectivity index is 2.23. The Labute approximate surface area is 98.9 Å². The summed E-state index contributed by atoms with van der Waals surface area (Å²) in [5.74, 6) is -0.956. The van der Waals surface area contributed by atoms with Crippen LogP contribution in [0, 0.1) is 0 Å². The second kappa shape index (κ2) is 4.73. The molecule has 17 heavy (non-hydrogen) atoms. The smallest absolute Gasteiger partial charge is 0.335 e. The number of aromatic carboxylic acids is 1. The molecule has 3 N–H and O–H groups in total. The summed E-state index contributed by atoms with van der Waals surface area (Å²) >= 11 is 0. The summed E-state index contributed by atoms with van der Waals surface area (Å²) < 4.78 is 0. The highest BCUT2D eigenvalue weighted by molar-refractivity contribution is 5.89. The van der Waals surface area contributed by atoms with Crippen molar-refractivity contribution in [2.45, 2.75) is 12.5 Å². The number of hydrogen-bond donors (Lipinski definition) is 3. The number of benzene rings is 1. The number of carbonyl (C=O) groups is 1. The molecule has 0 spiro atoms. The van der Waals surface area contributed by atoms with Gasteiger partial charge >= 0.3 is 5.97 Å². The summed E-state index contributed by atoms with van der Waals surface area (Å²) in [6.45, 7) is 0.784. The molecule has 0 amide bonds. The Morgan fingerprint density at radius 2 is 2.24 bits per heavy atom. The quantitative estimate of drug-likeness (QED) is 0.692. The molecule has 0 fully saturated rings. The van der Waals surface area contributed by atoms with Crippen LogP contribution in [0.5, 0.6) is 0 Å². The van der Waals surface area contributed by atoms with Gasteiger partial charge in [0.2, 0.25) is 0 Å². The van der Waals surface area contributed by atoms with Crippen molar-refractivity contribution in [2.24, 2.45) is 0 Å². The van der Waals surface area contributed by atoms with Gasteiger partial charge in [-0.1, -0.05) is 6.07 Å². The molecule has 1 aromatic rings. The van der Waals surface area contributed by atoms with Gasteiger partial charge in [-0.3, -0.25) is 0 Å². The Morgan fingerprint density at radius 1 is 1.47 bits per heavy atom. The molecule has 0 aliphatic carbocycles. The molecular weight excluding hydrogens is 222 g/mol. The zero-order valence-corrected chi connectivity index (χ0v) is 9.33. The molecule has 1 aromatic carbocycles. The first-order chi connectivity index (χ1) is 8.11. The summed E-state index contributed by atoms with van der Waals surface area (Å²) in [5, 5.41) is 27.2. The van der Waals surface area contributed by atoms with Crippen LogP contribution in [0.1, 0.15) is 15.9 Å². The molecule has 2 rings (SSSR count). The lowest BCUT2D eigenvalue weighted by Crippen LogP contribution is -2.33. The summed E-state index contributed by atoms with van der Waals surface area (Å²) in [6.07, 6.45) is 0.0438. The highest BCUT2D eigenvalue weighted by Crippen LogP contribution is 2.29. The monoisotopic (exact) mass is 237 g/mol. The molecule has 0 saturated carbocycles. The van der Waals surface area contributed by atoms with E-state index in [4.69, 9.17) is 10.2 Å². The Hall–Kier alpha value is -1.59. The van der Waals surface area contributed by atoms with E-state index in [1.54, 1.807) is 12.1 Å². The summed E-state index contributed by atoms with van der Waals surface area (Å²) in [6, 6.07) is 5.02. The standard InChI is InChI=1S/C12H15NO4/c14-7-10(15)6-13-4-3-8-1-2-9(12(16)17)5-11(8)13/h1-2,5,10,14-15H,3-4,6-7H2,(H,16,17). The second-order valence-corrected chi connectivity index (χ2v) is 4.18. The molecule has 1 unspecified atom stereocenters. The Kier molecular flexibility index (Phi) is 3.31. The van der Waals surface area contributed by atoms with Gasteiger partial charge in [0, 0.05) is 18.8 Å². The molecule has 1 aliphatic heterocycles. The van der Waals surface area contributed by atoms with E-state index >= 15 is 0 Å². The summed E-state index contributed by atoms with van der Waals surface area (Å²) in [5.41, 5.74) is 2.17. The van der Waals surface area contributed by atoms with Crippen LogP contribution in [-0.4, -0.2) is 47.1 Å². The summed E-state index contributed by atoms with van der Waals surface area (Å²) in [7, 11) is 0. The van der Waals surface area contributed by atoms with E-state index in [0.717, 1.165) is 24.2 Å². The molecule has 92 valence electrons. The van der Waals surface area contributed by atoms with E-state index in [0.29, 0.717) is 6.54 Å². The third-order valence-corrected chi connectivity index (χ3v) is 2.97. The molecule has 0 aromatic heterocycles.